The molecule has 1 aromatic rings. The van der Waals surface area contributed by atoms with E-state index in [1.807, 2.05) is 6.07 Å². The van der Waals surface area contributed by atoms with Crippen LogP contribution in [0.3, 0.4) is 0 Å². The maximum Gasteiger partial charge on any atom is 0.236 e. The van der Waals surface area contributed by atoms with E-state index in [0.29, 0.717) is 5.92 Å². The number of rotatable bonds is 3. The first-order valence-electron chi connectivity index (χ1n) is 6.62. The van der Waals surface area contributed by atoms with Gasteiger partial charge < -0.3 is 0 Å². The molecule has 3 heteroatoms. The van der Waals surface area contributed by atoms with Crippen molar-refractivity contribution in [1.82, 2.24) is 5.43 Å². The molecule has 1 aliphatic rings. The molecule has 0 bridgehead atoms. The maximum absolute atomic E-state index is 10.9. The Kier molecular flexibility index (Phi) is 4.51. The summed E-state index contributed by atoms with van der Waals surface area (Å²) in [6, 6.07) is 10.5. The summed E-state index contributed by atoms with van der Waals surface area (Å²) < 4.78 is 0. The van der Waals surface area contributed by atoms with Crippen LogP contribution in [0.25, 0.3) is 0 Å². The van der Waals surface area contributed by atoms with Crippen LogP contribution in [0.2, 0.25) is 0 Å². The third-order valence-corrected chi connectivity index (χ3v) is 3.39. The van der Waals surface area contributed by atoms with Gasteiger partial charge in [-0.15, -0.1) is 0 Å². The lowest BCUT2D eigenvalue weighted by Crippen LogP contribution is -2.25. The Balaban J connectivity index is 2.04. The fraction of sp³-hybridized carbons (Fsp3) is 0.467. The molecule has 1 saturated carbocycles. The van der Waals surface area contributed by atoms with Crippen molar-refractivity contribution in [3.8, 4) is 0 Å². The van der Waals surface area contributed by atoms with Gasteiger partial charge in [0.2, 0.25) is 5.91 Å². The number of hydrogen-bond acceptors (Lipinski definition) is 2. The van der Waals surface area contributed by atoms with Crippen LogP contribution in [0.15, 0.2) is 35.4 Å². The topological polar surface area (TPSA) is 41.5 Å². The lowest BCUT2D eigenvalue weighted by atomic mass is 9.83. The highest BCUT2D eigenvalue weighted by molar-refractivity contribution is 5.88. The van der Waals surface area contributed by atoms with Gasteiger partial charge in [-0.1, -0.05) is 36.8 Å². The van der Waals surface area contributed by atoms with E-state index in [1.165, 1.54) is 31.7 Å². The first-order chi connectivity index (χ1) is 8.75. The van der Waals surface area contributed by atoms with Crippen molar-refractivity contribution in [3.05, 3.63) is 35.9 Å². The summed E-state index contributed by atoms with van der Waals surface area (Å²) in [5.41, 5.74) is 5.08. The molecule has 0 heterocycles. The molecule has 1 fully saturated rings. The zero-order valence-electron chi connectivity index (χ0n) is 10.9. The van der Waals surface area contributed by atoms with Gasteiger partial charge in [-0.2, -0.15) is 5.10 Å². The van der Waals surface area contributed by atoms with E-state index in [2.05, 4.69) is 34.8 Å². The molecule has 1 N–H and O–H groups in total. The second-order valence-corrected chi connectivity index (χ2v) is 4.90. The van der Waals surface area contributed by atoms with Gasteiger partial charge in [0, 0.05) is 18.6 Å². The van der Waals surface area contributed by atoms with E-state index in [1.54, 1.807) is 0 Å². The monoisotopic (exact) mass is 244 g/mol. The minimum atomic E-state index is -0.0912. The van der Waals surface area contributed by atoms with E-state index in [9.17, 15) is 4.79 Å². The number of carbonyl (C=O) groups excluding carboxylic acids is 1. The molecule has 0 aromatic heterocycles. The molecule has 1 aromatic carbocycles. The first kappa shape index (κ1) is 12.8. The number of carbonyl (C=O) groups is 1. The van der Waals surface area contributed by atoms with Crippen LogP contribution in [0, 0.1) is 5.92 Å². The predicted octanol–water partition coefficient (Wildman–Crippen LogP) is 2.91. The number of hydrogen-bond donors (Lipinski definition) is 1. The quantitative estimate of drug-likeness (QED) is 0.816. The minimum absolute atomic E-state index is 0.0912. The SMILES string of the molecule is CC(=O)N/N=C1/CCCC[C@@H]1Cc1ccccc1. The van der Waals surface area contributed by atoms with Gasteiger partial charge >= 0.3 is 0 Å². The second kappa shape index (κ2) is 6.34. The average Bonchev–Trinajstić information content (AvgIpc) is 2.39. The third kappa shape index (κ3) is 3.69. The molecule has 0 radical (unpaired) electrons. The van der Waals surface area contributed by atoms with Gasteiger partial charge in [-0.05, 0) is 31.2 Å². The zero-order chi connectivity index (χ0) is 12.8. The number of nitrogens with zero attached hydrogens (tertiary/aromatic N) is 1. The van der Waals surface area contributed by atoms with Gasteiger partial charge in [0.15, 0.2) is 0 Å². The summed E-state index contributed by atoms with van der Waals surface area (Å²) in [5, 5.41) is 4.28. The van der Waals surface area contributed by atoms with Crippen molar-refractivity contribution in [1.29, 1.82) is 0 Å². The summed E-state index contributed by atoms with van der Waals surface area (Å²) >= 11 is 0. The van der Waals surface area contributed by atoms with Crippen LogP contribution >= 0.6 is 0 Å². The fourth-order valence-electron chi connectivity index (χ4n) is 2.48. The molecular weight excluding hydrogens is 224 g/mol. The van der Waals surface area contributed by atoms with Crippen LogP contribution in [0.4, 0.5) is 0 Å². The predicted molar refractivity (Wildman–Crippen MR) is 73.4 cm³/mol. The smallest absolute Gasteiger partial charge is 0.236 e. The summed E-state index contributed by atoms with van der Waals surface area (Å²) in [6.45, 7) is 1.50. The molecule has 96 valence electrons. The first-order valence-corrected chi connectivity index (χ1v) is 6.62. The Labute approximate surface area is 108 Å². The normalized spacial score (nSPS) is 21.8. The molecule has 1 atom stereocenters. The second-order valence-electron chi connectivity index (χ2n) is 4.90. The number of nitrogens with one attached hydrogen (secondary N) is 1. The van der Waals surface area contributed by atoms with Crippen LogP contribution in [0.5, 0.6) is 0 Å². The van der Waals surface area contributed by atoms with Crippen LogP contribution in [-0.2, 0) is 11.2 Å². The lowest BCUT2D eigenvalue weighted by Gasteiger charge is -2.24. The number of amides is 1. The molecule has 3 nitrogen and oxygen atoms in total. The van der Waals surface area contributed by atoms with Crippen molar-refractivity contribution in [2.75, 3.05) is 0 Å². The summed E-state index contributed by atoms with van der Waals surface area (Å²) in [6.07, 6.45) is 5.66. The van der Waals surface area contributed by atoms with E-state index >= 15 is 0 Å². The molecule has 0 spiro atoms. The molecule has 0 unspecified atom stereocenters. The molecule has 1 aliphatic carbocycles. The zero-order valence-corrected chi connectivity index (χ0v) is 10.9. The third-order valence-electron chi connectivity index (χ3n) is 3.39. The van der Waals surface area contributed by atoms with E-state index in [4.69, 9.17) is 0 Å². The largest absolute Gasteiger partial charge is 0.274 e. The average molecular weight is 244 g/mol. The van der Waals surface area contributed by atoms with Crippen molar-refractivity contribution < 1.29 is 4.79 Å². The van der Waals surface area contributed by atoms with Gasteiger partial charge in [0.25, 0.3) is 0 Å². The molecule has 0 saturated heterocycles. The molecule has 1 amide bonds. The maximum atomic E-state index is 10.9. The van der Waals surface area contributed by atoms with Crippen molar-refractivity contribution in [2.24, 2.45) is 11.0 Å². The van der Waals surface area contributed by atoms with Gasteiger partial charge in [-0.3, -0.25) is 4.79 Å². The number of hydrazone groups is 1. The van der Waals surface area contributed by atoms with Gasteiger partial charge in [0.05, 0.1) is 0 Å². The molecule has 2 rings (SSSR count). The van der Waals surface area contributed by atoms with Crippen LogP contribution in [0.1, 0.15) is 38.2 Å². The summed E-state index contributed by atoms with van der Waals surface area (Å²) in [4.78, 5) is 10.9. The highest BCUT2D eigenvalue weighted by atomic mass is 16.2. The Morgan fingerprint density at radius 1 is 1.33 bits per heavy atom. The van der Waals surface area contributed by atoms with Crippen molar-refractivity contribution in [3.63, 3.8) is 0 Å². The van der Waals surface area contributed by atoms with Crippen LogP contribution in [-0.4, -0.2) is 11.6 Å². The van der Waals surface area contributed by atoms with Crippen molar-refractivity contribution >= 4 is 11.6 Å². The summed E-state index contributed by atoms with van der Waals surface area (Å²) in [5.74, 6) is 0.388. The Bertz CT molecular complexity index is 425. The van der Waals surface area contributed by atoms with Crippen molar-refractivity contribution in [2.45, 2.75) is 39.0 Å². The van der Waals surface area contributed by atoms with E-state index in [-0.39, 0.29) is 5.91 Å². The fourth-order valence-corrected chi connectivity index (χ4v) is 2.48. The Morgan fingerprint density at radius 3 is 2.83 bits per heavy atom. The Morgan fingerprint density at radius 2 is 2.11 bits per heavy atom. The van der Waals surface area contributed by atoms with E-state index < -0.39 is 0 Å². The van der Waals surface area contributed by atoms with E-state index in [0.717, 1.165) is 18.6 Å². The highest BCUT2D eigenvalue weighted by Gasteiger charge is 2.20. The van der Waals surface area contributed by atoms with Gasteiger partial charge in [-0.25, -0.2) is 5.43 Å². The highest BCUT2D eigenvalue weighted by Crippen LogP contribution is 2.25. The molecular formula is C15H20N2O. The lowest BCUT2D eigenvalue weighted by molar-refractivity contribution is -0.118. The Hall–Kier alpha value is -1.64. The minimum Gasteiger partial charge on any atom is -0.274 e. The van der Waals surface area contributed by atoms with Crippen LogP contribution < -0.4 is 5.43 Å². The molecule has 0 aliphatic heterocycles. The molecule has 18 heavy (non-hydrogen) atoms. The summed E-state index contributed by atoms with van der Waals surface area (Å²) in [7, 11) is 0. The number of benzene rings is 1. The standard InChI is InChI=1S/C15H20N2O/c1-12(18)16-17-15-10-6-5-9-14(15)11-13-7-3-2-4-8-13/h2-4,7-8,14H,5-6,9-11H2,1H3,(H,16,18)/b17-15-/t14-/m1/s1. The van der Waals surface area contributed by atoms with Gasteiger partial charge in [0.1, 0.15) is 0 Å².